The normalized spacial score (nSPS) is 11.2. The molecule has 0 aliphatic rings. The van der Waals surface area contributed by atoms with E-state index in [9.17, 15) is 9.59 Å². The number of carbonyl (C=O) groups excluding carboxylic acids is 1. The van der Waals surface area contributed by atoms with Gasteiger partial charge in [0.15, 0.2) is 18.1 Å². The molecule has 0 unspecified atom stereocenters. The molecule has 0 fully saturated rings. The van der Waals surface area contributed by atoms with Crippen molar-refractivity contribution in [1.29, 1.82) is 0 Å². The van der Waals surface area contributed by atoms with E-state index in [0.717, 1.165) is 10.9 Å². The molecule has 0 aliphatic carbocycles. The quantitative estimate of drug-likeness (QED) is 0.251. The van der Waals surface area contributed by atoms with E-state index in [4.69, 9.17) is 9.47 Å². The van der Waals surface area contributed by atoms with E-state index in [1.165, 1.54) is 25.1 Å². The summed E-state index contributed by atoms with van der Waals surface area (Å²) in [5.41, 5.74) is 0.977. The Hall–Kier alpha value is -2.24. The monoisotopic (exact) mass is 643 g/mol. The second kappa shape index (κ2) is 11.3. The summed E-state index contributed by atoms with van der Waals surface area (Å²) in [5.74, 6) is 0.739. The lowest BCUT2D eigenvalue weighted by atomic mass is 10.2. The van der Waals surface area contributed by atoms with Gasteiger partial charge in [-0.1, -0.05) is 22.9 Å². The summed E-state index contributed by atoms with van der Waals surface area (Å²) in [5, 5.41) is 4.91. The molecular formula is C22H20Br3N3O5. The van der Waals surface area contributed by atoms with Crippen LogP contribution in [0.1, 0.15) is 24.7 Å². The van der Waals surface area contributed by atoms with Crippen LogP contribution >= 0.6 is 47.8 Å². The molecule has 0 saturated heterocycles. The Labute approximate surface area is 215 Å². The van der Waals surface area contributed by atoms with Gasteiger partial charge in [0, 0.05) is 20.9 Å². The maximum Gasteiger partial charge on any atom is 0.343 e. The van der Waals surface area contributed by atoms with Crippen LogP contribution in [0.4, 0.5) is 0 Å². The van der Waals surface area contributed by atoms with E-state index >= 15 is 0 Å². The highest BCUT2D eigenvalue weighted by Gasteiger charge is 2.18. The lowest BCUT2D eigenvalue weighted by molar-refractivity contribution is -0.142. The Bertz CT molecular complexity index is 1290. The topological polar surface area (TPSA) is 92.0 Å². The van der Waals surface area contributed by atoms with Crippen molar-refractivity contribution in [2.45, 2.75) is 19.8 Å². The van der Waals surface area contributed by atoms with Gasteiger partial charge in [0.2, 0.25) is 0 Å². The summed E-state index contributed by atoms with van der Waals surface area (Å²) in [7, 11) is 2.76. The number of rotatable bonds is 8. The number of fused-ring (bicyclic) bond motifs is 1. The van der Waals surface area contributed by atoms with Crippen molar-refractivity contribution < 1.29 is 19.0 Å². The highest BCUT2D eigenvalue weighted by molar-refractivity contribution is 9.13. The number of aromatic nitrogens is 2. The predicted octanol–water partition coefficient (Wildman–Crippen LogP) is 5.08. The Balaban J connectivity index is 2.08. The number of methoxy groups -OCH3 is 2. The van der Waals surface area contributed by atoms with Gasteiger partial charge >= 0.3 is 5.97 Å². The molecule has 0 saturated carbocycles. The molecule has 3 rings (SSSR count). The lowest BCUT2D eigenvalue weighted by Crippen LogP contribution is -2.22. The molecule has 0 spiro atoms. The van der Waals surface area contributed by atoms with E-state index < -0.39 is 5.97 Å². The summed E-state index contributed by atoms with van der Waals surface area (Å²) in [6.45, 7) is 1.73. The second-order valence-corrected chi connectivity index (χ2v) is 9.29. The van der Waals surface area contributed by atoms with Gasteiger partial charge in [-0.05, 0) is 62.5 Å². The highest BCUT2D eigenvalue weighted by atomic mass is 79.9. The largest absolute Gasteiger partial charge is 0.493 e. The molecule has 11 heteroatoms. The fraction of sp³-hybridized carbons (Fsp3) is 0.273. The molecule has 0 radical (unpaired) electrons. The minimum absolute atomic E-state index is 0.263. The molecule has 1 aromatic heterocycles. The first-order valence-corrected chi connectivity index (χ1v) is 12.2. The third-order valence-electron chi connectivity index (χ3n) is 4.60. The fourth-order valence-electron chi connectivity index (χ4n) is 2.99. The van der Waals surface area contributed by atoms with Gasteiger partial charge in [-0.25, -0.2) is 9.78 Å². The first kappa shape index (κ1) is 25.4. The lowest BCUT2D eigenvalue weighted by Gasteiger charge is -2.15. The number of carbonyl (C=O) groups is 1. The average Bonchev–Trinajstić information content (AvgIpc) is 2.81. The number of hydrogen-bond donors (Lipinski definition) is 0. The van der Waals surface area contributed by atoms with Crippen molar-refractivity contribution in [3.05, 3.63) is 59.4 Å². The van der Waals surface area contributed by atoms with Crippen molar-refractivity contribution in [3.63, 3.8) is 0 Å². The van der Waals surface area contributed by atoms with Crippen LogP contribution in [0.5, 0.6) is 11.5 Å². The standard InChI is InChI=1S/C22H20Br3N3O5/c1-4-5-17-27-15-7-6-13(23)9-14(15)22(30)28(17)26-10-12-8-16(31-2)21(20(25)19(12)24)33-11-18(29)32-3/h6-10H,4-5,11H2,1-3H3. The third kappa shape index (κ3) is 5.64. The molecule has 8 nitrogen and oxygen atoms in total. The van der Waals surface area contributed by atoms with Crippen molar-refractivity contribution >= 4 is 70.9 Å². The van der Waals surface area contributed by atoms with Crippen LogP contribution in [0.25, 0.3) is 10.9 Å². The van der Waals surface area contributed by atoms with Crippen LogP contribution in [-0.2, 0) is 16.0 Å². The fourth-order valence-corrected chi connectivity index (χ4v) is 4.29. The molecule has 3 aromatic rings. The maximum atomic E-state index is 13.2. The minimum Gasteiger partial charge on any atom is -0.493 e. The summed E-state index contributed by atoms with van der Waals surface area (Å²) in [6.07, 6.45) is 2.93. The van der Waals surface area contributed by atoms with E-state index in [2.05, 4.69) is 62.6 Å². The highest BCUT2D eigenvalue weighted by Crippen LogP contribution is 2.42. The SMILES string of the molecule is CCCc1nc2ccc(Br)cc2c(=O)n1N=Cc1cc(OC)c(OCC(=O)OC)c(Br)c1Br. The Morgan fingerprint density at radius 2 is 1.94 bits per heavy atom. The summed E-state index contributed by atoms with van der Waals surface area (Å²) in [6, 6.07) is 7.07. The van der Waals surface area contributed by atoms with E-state index in [0.29, 0.717) is 49.2 Å². The van der Waals surface area contributed by atoms with Gasteiger partial charge in [0.1, 0.15) is 5.82 Å². The number of benzene rings is 2. The third-order valence-corrected chi connectivity index (χ3v) is 7.24. The van der Waals surface area contributed by atoms with Gasteiger partial charge in [-0.2, -0.15) is 9.78 Å². The van der Waals surface area contributed by atoms with Crippen molar-refractivity contribution in [1.82, 2.24) is 9.66 Å². The van der Waals surface area contributed by atoms with Gasteiger partial charge in [-0.3, -0.25) is 4.79 Å². The summed E-state index contributed by atoms with van der Waals surface area (Å²) >= 11 is 10.4. The van der Waals surface area contributed by atoms with E-state index in [-0.39, 0.29) is 12.2 Å². The maximum absolute atomic E-state index is 13.2. The van der Waals surface area contributed by atoms with Gasteiger partial charge < -0.3 is 14.2 Å². The summed E-state index contributed by atoms with van der Waals surface area (Å²) in [4.78, 5) is 29.3. The van der Waals surface area contributed by atoms with Crippen LogP contribution in [0.3, 0.4) is 0 Å². The average molecular weight is 646 g/mol. The van der Waals surface area contributed by atoms with Gasteiger partial charge in [-0.15, -0.1) is 0 Å². The zero-order chi connectivity index (χ0) is 24.1. The number of ether oxygens (including phenoxy) is 3. The number of esters is 1. The van der Waals surface area contributed by atoms with E-state index in [1.807, 2.05) is 13.0 Å². The Kier molecular flexibility index (Phi) is 8.66. The zero-order valence-corrected chi connectivity index (χ0v) is 22.8. The number of halogens is 3. The van der Waals surface area contributed by atoms with Crippen LogP contribution in [-0.4, -0.2) is 42.7 Å². The molecule has 2 aromatic carbocycles. The Morgan fingerprint density at radius 1 is 1.18 bits per heavy atom. The first-order chi connectivity index (χ1) is 15.8. The van der Waals surface area contributed by atoms with Crippen LogP contribution in [0.2, 0.25) is 0 Å². The second-order valence-electron chi connectivity index (χ2n) is 6.79. The smallest absolute Gasteiger partial charge is 0.343 e. The number of nitrogens with zero attached hydrogens (tertiary/aromatic N) is 3. The Morgan fingerprint density at radius 3 is 2.61 bits per heavy atom. The van der Waals surface area contributed by atoms with Gasteiger partial charge in [0.05, 0.1) is 35.8 Å². The molecule has 33 heavy (non-hydrogen) atoms. The first-order valence-electron chi connectivity index (χ1n) is 9.81. The van der Waals surface area contributed by atoms with Crippen molar-refractivity contribution in [2.24, 2.45) is 5.10 Å². The molecule has 0 amide bonds. The zero-order valence-electron chi connectivity index (χ0n) is 18.0. The number of hydrogen-bond acceptors (Lipinski definition) is 7. The molecule has 0 bridgehead atoms. The molecule has 0 N–H and O–H groups in total. The minimum atomic E-state index is -0.524. The summed E-state index contributed by atoms with van der Waals surface area (Å²) < 4.78 is 18.8. The van der Waals surface area contributed by atoms with Crippen molar-refractivity contribution in [2.75, 3.05) is 20.8 Å². The number of aryl methyl sites for hydroxylation is 1. The molecule has 0 atom stereocenters. The molecule has 174 valence electrons. The van der Waals surface area contributed by atoms with E-state index in [1.54, 1.807) is 18.2 Å². The van der Waals surface area contributed by atoms with Crippen LogP contribution in [0.15, 0.2) is 47.6 Å². The van der Waals surface area contributed by atoms with Crippen molar-refractivity contribution in [3.8, 4) is 11.5 Å². The molecular weight excluding hydrogens is 626 g/mol. The molecule has 0 aliphatic heterocycles. The van der Waals surface area contributed by atoms with Crippen LogP contribution in [0, 0.1) is 0 Å². The van der Waals surface area contributed by atoms with Gasteiger partial charge in [0.25, 0.3) is 5.56 Å². The molecule has 1 heterocycles. The predicted molar refractivity (Wildman–Crippen MR) is 137 cm³/mol. The van der Waals surface area contributed by atoms with Crippen LogP contribution < -0.4 is 15.0 Å².